The number of aryl methyl sites for hydroxylation is 1. The van der Waals surface area contributed by atoms with Crippen molar-refractivity contribution in [1.82, 2.24) is 0 Å². The highest BCUT2D eigenvalue weighted by Gasteiger charge is 2.15. The molecule has 2 aromatic carbocycles. The van der Waals surface area contributed by atoms with Crippen molar-refractivity contribution < 1.29 is 9.90 Å². The zero-order chi connectivity index (χ0) is 13.7. The van der Waals surface area contributed by atoms with Crippen LogP contribution in [0.2, 0.25) is 0 Å². The molecule has 0 aromatic heterocycles. The Morgan fingerprint density at radius 3 is 2.16 bits per heavy atom. The van der Waals surface area contributed by atoms with Crippen LogP contribution in [0.4, 0.5) is 0 Å². The monoisotopic (exact) mass is 254 g/mol. The quantitative estimate of drug-likeness (QED) is 0.876. The molecule has 0 spiro atoms. The average Bonchev–Trinajstić information content (AvgIpc) is 2.42. The first-order chi connectivity index (χ1) is 9.16. The van der Waals surface area contributed by atoms with Crippen LogP contribution in [0.1, 0.15) is 35.4 Å². The third-order valence-corrected chi connectivity index (χ3v) is 3.33. The standard InChI is InChI=1S/C17H18O2/c1-13-7-9-15(10-8-13)16(11-12-17(18)19)14-5-3-2-4-6-14/h2-10,16H,11-12H2,1H3,(H,18,19). The van der Waals surface area contributed by atoms with Crippen molar-refractivity contribution in [2.24, 2.45) is 0 Å². The molecule has 0 aliphatic heterocycles. The topological polar surface area (TPSA) is 37.3 Å². The predicted octanol–water partition coefficient (Wildman–Crippen LogP) is 3.99. The second kappa shape index (κ2) is 6.19. The molecular weight excluding hydrogens is 236 g/mol. The van der Waals surface area contributed by atoms with Crippen molar-refractivity contribution in [2.45, 2.75) is 25.7 Å². The van der Waals surface area contributed by atoms with E-state index in [-0.39, 0.29) is 12.3 Å². The summed E-state index contributed by atoms with van der Waals surface area (Å²) in [6, 6.07) is 18.4. The summed E-state index contributed by atoms with van der Waals surface area (Å²) in [7, 11) is 0. The van der Waals surface area contributed by atoms with Gasteiger partial charge < -0.3 is 5.11 Å². The summed E-state index contributed by atoms with van der Waals surface area (Å²) in [5.41, 5.74) is 3.57. The number of carbonyl (C=O) groups is 1. The van der Waals surface area contributed by atoms with Gasteiger partial charge in [0.1, 0.15) is 0 Å². The van der Waals surface area contributed by atoms with E-state index in [1.54, 1.807) is 0 Å². The van der Waals surface area contributed by atoms with Gasteiger partial charge in [0.25, 0.3) is 0 Å². The van der Waals surface area contributed by atoms with Crippen LogP contribution in [0.5, 0.6) is 0 Å². The fraction of sp³-hybridized carbons (Fsp3) is 0.235. The molecule has 0 fully saturated rings. The first kappa shape index (κ1) is 13.3. The van der Waals surface area contributed by atoms with Gasteiger partial charge in [0.2, 0.25) is 0 Å². The van der Waals surface area contributed by atoms with E-state index in [0.29, 0.717) is 6.42 Å². The van der Waals surface area contributed by atoms with Crippen LogP contribution >= 0.6 is 0 Å². The molecule has 1 unspecified atom stereocenters. The lowest BCUT2D eigenvalue weighted by molar-refractivity contribution is -0.137. The molecule has 0 bridgehead atoms. The molecule has 1 atom stereocenters. The lowest BCUT2D eigenvalue weighted by Crippen LogP contribution is -2.05. The minimum Gasteiger partial charge on any atom is -0.481 e. The minimum absolute atomic E-state index is 0.151. The fourth-order valence-corrected chi connectivity index (χ4v) is 2.28. The van der Waals surface area contributed by atoms with Crippen molar-refractivity contribution in [3.8, 4) is 0 Å². The lowest BCUT2D eigenvalue weighted by atomic mass is 9.87. The summed E-state index contributed by atoms with van der Waals surface area (Å²) in [4.78, 5) is 10.8. The smallest absolute Gasteiger partial charge is 0.303 e. The summed E-state index contributed by atoms with van der Waals surface area (Å²) in [5.74, 6) is -0.592. The Kier molecular flexibility index (Phi) is 4.35. The summed E-state index contributed by atoms with van der Waals surface area (Å²) < 4.78 is 0. The number of hydrogen-bond donors (Lipinski definition) is 1. The first-order valence-electron chi connectivity index (χ1n) is 6.50. The molecule has 0 heterocycles. The SMILES string of the molecule is Cc1ccc(C(CCC(=O)O)c2ccccc2)cc1. The number of aliphatic carboxylic acids is 1. The molecule has 0 radical (unpaired) electrons. The van der Waals surface area contributed by atoms with E-state index in [1.165, 1.54) is 16.7 Å². The van der Waals surface area contributed by atoms with Gasteiger partial charge in [-0.1, -0.05) is 60.2 Å². The maximum atomic E-state index is 10.8. The van der Waals surface area contributed by atoms with E-state index in [0.717, 1.165) is 0 Å². The largest absolute Gasteiger partial charge is 0.481 e. The van der Waals surface area contributed by atoms with Gasteiger partial charge in [-0.15, -0.1) is 0 Å². The van der Waals surface area contributed by atoms with Gasteiger partial charge in [-0.3, -0.25) is 4.79 Å². The molecule has 2 aromatic rings. The Bertz CT molecular complexity index is 529. The molecule has 1 N–H and O–H groups in total. The van der Waals surface area contributed by atoms with E-state index in [4.69, 9.17) is 5.11 Å². The van der Waals surface area contributed by atoms with Crippen LogP contribution in [0.3, 0.4) is 0 Å². The number of carboxylic acid groups (broad SMARTS) is 1. The number of benzene rings is 2. The highest BCUT2D eigenvalue weighted by atomic mass is 16.4. The van der Waals surface area contributed by atoms with Gasteiger partial charge in [-0.25, -0.2) is 0 Å². The number of carboxylic acids is 1. The van der Waals surface area contributed by atoms with Gasteiger partial charge in [-0.2, -0.15) is 0 Å². The van der Waals surface area contributed by atoms with E-state index in [1.807, 2.05) is 18.2 Å². The molecule has 2 nitrogen and oxygen atoms in total. The van der Waals surface area contributed by atoms with Crippen LogP contribution in [0.15, 0.2) is 54.6 Å². The summed E-state index contributed by atoms with van der Waals surface area (Å²) in [6.45, 7) is 2.05. The van der Waals surface area contributed by atoms with Gasteiger partial charge in [0, 0.05) is 12.3 Å². The lowest BCUT2D eigenvalue weighted by Gasteiger charge is -2.17. The van der Waals surface area contributed by atoms with Crippen LogP contribution in [-0.2, 0) is 4.79 Å². The van der Waals surface area contributed by atoms with Crippen LogP contribution in [0.25, 0.3) is 0 Å². The van der Waals surface area contributed by atoms with E-state index < -0.39 is 5.97 Å². The minimum atomic E-state index is -0.743. The normalized spacial score (nSPS) is 12.1. The Morgan fingerprint density at radius 1 is 1.00 bits per heavy atom. The zero-order valence-electron chi connectivity index (χ0n) is 11.0. The second-order valence-electron chi connectivity index (χ2n) is 4.81. The first-order valence-corrected chi connectivity index (χ1v) is 6.50. The maximum absolute atomic E-state index is 10.8. The predicted molar refractivity (Wildman–Crippen MR) is 76.3 cm³/mol. The van der Waals surface area contributed by atoms with Crippen molar-refractivity contribution in [2.75, 3.05) is 0 Å². The number of rotatable bonds is 5. The van der Waals surface area contributed by atoms with Crippen molar-refractivity contribution in [3.63, 3.8) is 0 Å². The Balaban J connectivity index is 2.28. The molecule has 19 heavy (non-hydrogen) atoms. The fourth-order valence-electron chi connectivity index (χ4n) is 2.28. The average molecular weight is 254 g/mol. The number of hydrogen-bond acceptors (Lipinski definition) is 1. The molecule has 98 valence electrons. The third-order valence-electron chi connectivity index (χ3n) is 3.33. The molecule has 2 rings (SSSR count). The van der Waals surface area contributed by atoms with Crippen molar-refractivity contribution >= 4 is 5.97 Å². The summed E-state index contributed by atoms with van der Waals surface area (Å²) in [6.07, 6.45) is 0.815. The Hall–Kier alpha value is -2.09. The third kappa shape index (κ3) is 3.68. The molecule has 0 saturated carbocycles. The molecular formula is C17H18O2. The van der Waals surface area contributed by atoms with Crippen molar-refractivity contribution in [1.29, 1.82) is 0 Å². The highest BCUT2D eigenvalue weighted by Crippen LogP contribution is 2.29. The molecule has 2 heteroatoms. The van der Waals surface area contributed by atoms with Gasteiger partial charge in [0.05, 0.1) is 0 Å². The van der Waals surface area contributed by atoms with Crippen LogP contribution < -0.4 is 0 Å². The Morgan fingerprint density at radius 2 is 1.58 bits per heavy atom. The molecule has 0 amide bonds. The van der Waals surface area contributed by atoms with Gasteiger partial charge in [-0.05, 0) is 24.5 Å². The summed E-state index contributed by atoms with van der Waals surface area (Å²) in [5, 5.41) is 8.90. The maximum Gasteiger partial charge on any atom is 0.303 e. The van der Waals surface area contributed by atoms with Crippen molar-refractivity contribution in [3.05, 3.63) is 71.3 Å². The molecule has 0 aliphatic rings. The summed E-state index contributed by atoms with van der Waals surface area (Å²) >= 11 is 0. The molecule has 0 aliphatic carbocycles. The van der Waals surface area contributed by atoms with Gasteiger partial charge in [0.15, 0.2) is 0 Å². The highest BCUT2D eigenvalue weighted by molar-refractivity contribution is 5.66. The van der Waals surface area contributed by atoms with E-state index in [9.17, 15) is 4.79 Å². The zero-order valence-corrected chi connectivity index (χ0v) is 11.0. The van der Waals surface area contributed by atoms with Crippen LogP contribution in [-0.4, -0.2) is 11.1 Å². The Labute approximate surface area is 113 Å². The van der Waals surface area contributed by atoms with E-state index in [2.05, 4.69) is 43.3 Å². The van der Waals surface area contributed by atoms with E-state index >= 15 is 0 Å². The van der Waals surface area contributed by atoms with Gasteiger partial charge >= 0.3 is 5.97 Å². The second-order valence-corrected chi connectivity index (χ2v) is 4.81. The molecule has 0 saturated heterocycles. The van der Waals surface area contributed by atoms with Crippen LogP contribution in [0, 0.1) is 6.92 Å².